The quantitative estimate of drug-likeness (QED) is 0.661. The molecule has 2 aromatic carbocycles. The Kier molecular flexibility index (Phi) is 6.43. The summed E-state index contributed by atoms with van der Waals surface area (Å²) in [5.41, 5.74) is 1.05. The summed E-state index contributed by atoms with van der Waals surface area (Å²) in [4.78, 5) is 12.7. The highest BCUT2D eigenvalue weighted by Crippen LogP contribution is 2.39. The van der Waals surface area contributed by atoms with E-state index < -0.39 is 15.6 Å². The van der Waals surface area contributed by atoms with Crippen LogP contribution in [0.25, 0.3) is 0 Å². The third-order valence-electron chi connectivity index (χ3n) is 5.69. The van der Waals surface area contributed by atoms with Crippen LogP contribution in [0.5, 0.6) is 17.2 Å². The summed E-state index contributed by atoms with van der Waals surface area (Å²) in [6, 6.07) is 12.6. The topological polar surface area (TPSA) is 94.2 Å². The first kappa shape index (κ1) is 23.2. The molecule has 2 aliphatic rings. The number of ether oxygens (including phenoxy) is 3. The minimum atomic E-state index is -3.54. The van der Waals surface area contributed by atoms with Gasteiger partial charge in [-0.25, -0.2) is 8.42 Å². The lowest BCUT2D eigenvalue weighted by Gasteiger charge is -2.37. The summed E-state index contributed by atoms with van der Waals surface area (Å²) in [7, 11) is -3.54. The van der Waals surface area contributed by atoms with Gasteiger partial charge in [0.05, 0.1) is 18.0 Å². The van der Waals surface area contributed by atoms with Crippen LogP contribution in [0.2, 0.25) is 0 Å². The Hall–Kier alpha value is -2.94. The zero-order valence-electron chi connectivity index (χ0n) is 19.2. The lowest BCUT2D eigenvalue weighted by molar-refractivity contribution is -0.122. The smallest absolute Gasteiger partial charge is 0.232 e. The van der Waals surface area contributed by atoms with Crippen molar-refractivity contribution >= 4 is 21.6 Å². The maximum absolute atomic E-state index is 12.7. The van der Waals surface area contributed by atoms with Crippen LogP contribution >= 0.6 is 0 Å². The molecule has 0 fully saturated rings. The molecule has 33 heavy (non-hydrogen) atoms. The Morgan fingerprint density at radius 1 is 1.09 bits per heavy atom. The van der Waals surface area contributed by atoms with Gasteiger partial charge in [0.1, 0.15) is 24.6 Å². The molecule has 0 unspecified atom stereocenters. The average molecular weight is 475 g/mol. The minimum Gasteiger partial charge on any atom is -0.487 e. The van der Waals surface area contributed by atoms with Crippen molar-refractivity contribution in [1.29, 1.82) is 0 Å². The first-order valence-electron chi connectivity index (χ1n) is 11.1. The summed E-state index contributed by atoms with van der Waals surface area (Å²) in [5.74, 6) is 1.77. The highest BCUT2D eigenvalue weighted by Gasteiger charge is 2.34. The van der Waals surface area contributed by atoms with Gasteiger partial charge in [-0.2, -0.15) is 0 Å². The van der Waals surface area contributed by atoms with E-state index in [1.54, 1.807) is 18.2 Å². The molecule has 0 radical (unpaired) electrons. The number of para-hydroxylation sites is 1. The number of amides is 1. The number of fused-ring (bicyclic) bond motifs is 2. The van der Waals surface area contributed by atoms with Crippen molar-refractivity contribution in [3.63, 3.8) is 0 Å². The first-order chi connectivity index (χ1) is 15.6. The van der Waals surface area contributed by atoms with Crippen LogP contribution in [0.1, 0.15) is 44.7 Å². The van der Waals surface area contributed by atoms with Gasteiger partial charge < -0.3 is 19.5 Å². The lowest BCUT2D eigenvalue weighted by Crippen LogP contribution is -2.41. The molecule has 2 aliphatic heterocycles. The molecule has 0 aliphatic carbocycles. The van der Waals surface area contributed by atoms with Crippen LogP contribution in [0.3, 0.4) is 0 Å². The molecule has 178 valence electrons. The molecule has 2 heterocycles. The summed E-state index contributed by atoms with van der Waals surface area (Å²) in [6.07, 6.45) is 2.39. The maximum Gasteiger partial charge on any atom is 0.232 e. The highest BCUT2D eigenvalue weighted by atomic mass is 32.2. The monoisotopic (exact) mass is 474 g/mol. The van der Waals surface area contributed by atoms with Crippen molar-refractivity contribution in [2.45, 2.75) is 44.8 Å². The van der Waals surface area contributed by atoms with E-state index in [2.05, 4.69) is 5.32 Å². The fourth-order valence-electron chi connectivity index (χ4n) is 4.25. The van der Waals surface area contributed by atoms with Gasteiger partial charge in [-0.15, -0.1) is 0 Å². The molecule has 0 aromatic heterocycles. The van der Waals surface area contributed by atoms with E-state index in [0.29, 0.717) is 43.2 Å². The summed E-state index contributed by atoms with van der Waals surface area (Å²) >= 11 is 0. The molecule has 0 saturated heterocycles. The lowest BCUT2D eigenvalue weighted by atomic mass is 9.89. The number of rotatable bonds is 7. The number of hydrogen-bond acceptors (Lipinski definition) is 6. The Bertz CT molecular complexity index is 1130. The molecule has 9 heteroatoms. The Balaban J connectivity index is 1.40. The summed E-state index contributed by atoms with van der Waals surface area (Å²) in [6.45, 7) is 5.06. The molecular formula is C24H30N2O6S. The Morgan fingerprint density at radius 2 is 1.82 bits per heavy atom. The van der Waals surface area contributed by atoms with Crippen LogP contribution < -0.4 is 23.8 Å². The van der Waals surface area contributed by atoms with Gasteiger partial charge in [0, 0.05) is 31.0 Å². The van der Waals surface area contributed by atoms with Gasteiger partial charge in [-0.1, -0.05) is 18.2 Å². The van der Waals surface area contributed by atoms with Crippen molar-refractivity contribution in [1.82, 2.24) is 5.32 Å². The summed E-state index contributed by atoms with van der Waals surface area (Å²) in [5, 5.41) is 3.10. The third-order valence-corrected chi connectivity index (χ3v) is 6.88. The van der Waals surface area contributed by atoms with E-state index in [9.17, 15) is 13.2 Å². The van der Waals surface area contributed by atoms with Crippen molar-refractivity contribution in [3.05, 3.63) is 48.0 Å². The van der Waals surface area contributed by atoms with Crippen LogP contribution in [-0.2, 0) is 14.8 Å². The fraction of sp³-hybridized carbons (Fsp3) is 0.458. The maximum atomic E-state index is 12.7. The second-order valence-corrected chi connectivity index (χ2v) is 10.9. The second kappa shape index (κ2) is 9.13. The van der Waals surface area contributed by atoms with Crippen LogP contribution in [0.4, 0.5) is 5.69 Å². The van der Waals surface area contributed by atoms with E-state index in [0.717, 1.165) is 17.6 Å². The van der Waals surface area contributed by atoms with Crippen LogP contribution in [0, 0.1) is 0 Å². The van der Waals surface area contributed by atoms with E-state index in [4.69, 9.17) is 14.2 Å². The van der Waals surface area contributed by atoms with Gasteiger partial charge in [0.2, 0.25) is 15.9 Å². The number of benzene rings is 2. The fourth-order valence-corrected chi connectivity index (χ4v) is 5.21. The van der Waals surface area contributed by atoms with Gasteiger partial charge in [-0.05, 0) is 38.5 Å². The predicted octanol–water partition coefficient (Wildman–Crippen LogP) is 3.42. The largest absolute Gasteiger partial charge is 0.487 e. The van der Waals surface area contributed by atoms with Gasteiger partial charge >= 0.3 is 0 Å². The third kappa shape index (κ3) is 5.52. The van der Waals surface area contributed by atoms with Gasteiger partial charge in [-0.3, -0.25) is 9.10 Å². The number of hydrogen-bond donors (Lipinski definition) is 1. The number of anilines is 1. The molecule has 0 spiro atoms. The van der Waals surface area contributed by atoms with Crippen molar-refractivity contribution in [3.8, 4) is 17.2 Å². The number of sulfonamides is 1. The molecule has 0 saturated carbocycles. The van der Waals surface area contributed by atoms with Gasteiger partial charge in [0.25, 0.3) is 0 Å². The molecule has 4 rings (SSSR count). The molecule has 2 aromatic rings. The number of nitrogens with one attached hydrogen (secondary N) is 1. The number of nitrogens with zero attached hydrogens (tertiary/aromatic N) is 1. The summed E-state index contributed by atoms with van der Waals surface area (Å²) < 4.78 is 43.3. The zero-order chi connectivity index (χ0) is 23.6. The molecule has 1 atom stereocenters. The van der Waals surface area contributed by atoms with E-state index in [1.165, 1.54) is 4.31 Å². The van der Waals surface area contributed by atoms with E-state index in [1.807, 2.05) is 38.1 Å². The van der Waals surface area contributed by atoms with Crippen LogP contribution in [0.15, 0.2) is 42.5 Å². The average Bonchev–Trinajstić information content (AvgIpc) is 2.75. The highest BCUT2D eigenvalue weighted by molar-refractivity contribution is 7.92. The first-order valence-corrected chi connectivity index (χ1v) is 12.9. The Labute approximate surface area is 194 Å². The van der Waals surface area contributed by atoms with Crippen molar-refractivity contribution in [2.75, 3.05) is 30.3 Å². The molecule has 8 nitrogen and oxygen atoms in total. The SMILES string of the molecule is CC1(C)C[C@H](NC(=O)CCCN(c2ccc3c(c2)OCCO3)S(C)(=O)=O)c2ccccc2O1. The van der Waals surface area contributed by atoms with Crippen molar-refractivity contribution < 1.29 is 27.4 Å². The van der Waals surface area contributed by atoms with E-state index in [-0.39, 0.29) is 24.9 Å². The number of carbonyl (C=O) groups excluding carboxylic acids is 1. The standard InChI is InChI=1S/C24H30N2O6S/c1-24(2)16-19(18-7-4-5-8-20(18)32-24)25-23(27)9-6-12-26(33(3,28)29)17-10-11-21-22(15-17)31-14-13-30-21/h4-5,7-8,10-11,15,19H,6,9,12-14,16H2,1-3H3,(H,25,27)/t19-/m0/s1. The number of carbonyl (C=O) groups is 1. The molecule has 1 N–H and O–H groups in total. The predicted molar refractivity (Wildman–Crippen MR) is 126 cm³/mol. The molecule has 1 amide bonds. The Morgan fingerprint density at radius 3 is 2.58 bits per heavy atom. The van der Waals surface area contributed by atoms with E-state index >= 15 is 0 Å². The van der Waals surface area contributed by atoms with Gasteiger partial charge in [0.15, 0.2) is 11.5 Å². The van der Waals surface area contributed by atoms with Crippen molar-refractivity contribution in [2.24, 2.45) is 0 Å². The molecule has 0 bridgehead atoms. The normalized spacial score (nSPS) is 18.6. The zero-order valence-corrected chi connectivity index (χ0v) is 20.0. The minimum absolute atomic E-state index is 0.122. The van der Waals surface area contributed by atoms with Crippen LogP contribution in [-0.4, -0.2) is 45.9 Å². The molecular weight excluding hydrogens is 444 g/mol. The second-order valence-electron chi connectivity index (χ2n) is 8.99.